The van der Waals surface area contributed by atoms with Crippen molar-refractivity contribution in [2.75, 3.05) is 6.54 Å². The SMILES string of the molecule is CCC(C)=CN=C1CN=CN1Cc1ccccc1. The van der Waals surface area contributed by atoms with Crippen molar-refractivity contribution in [2.45, 2.75) is 26.8 Å². The van der Waals surface area contributed by atoms with Crippen molar-refractivity contribution < 1.29 is 0 Å². The Morgan fingerprint density at radius 2 is 2.17 bits per heavy atom. The molecule has 0 amide bonds. The van der Waals surface area contributed by atoms with Gasteiger partial charge in [-0.2, -0.15) is 0 Å². The van der Waals surface area contributed by atoms with Crippen molar-refractivity contribution in [1.29, 1.82) is 0 Å². The molecule has 0 unspecified atom stereocenters. The maximum Gasteiger partial charge on any atom is 0.131 e. The Balaban J connectivity index is 2.06. The first-order valence-electron chi connectivity index (χ1n) is 6.32. The molecule has 0 radical (unpaired) electrons. The molecule has 0 bridgehead atoms. The molecule has 2 rings (SSSR count). The van der Waals surface area contributed by atoms with E-state index < -0.39 is 0 Å². The number of hydrogen-bond acceptors (Lipinski definition) is 2. The van der Waals surface area contributed by atoms with Gasteiger partial charge in [-0.15, -0.1) is 0 Å². The van der Waals surface area contributed by atoms with Gasteiger partial charge in [0.15, 0.2) is 0 Å². The van der Waals surface area contributed by atoms with Crippen LogP contribution in [0.1, 0.15) is 25.8 Å². The van der Waals surface area contributed by atoms with Gasteiger partial charge in [-0.25, -0.2) is 4.99 Å². The second-order valence-corrected chi connectivity index (χ2v) is 4.44. The average molecular weight is 241 g/mol. The van der Waals surface area contributed by atoms with Crippen LogP contribution >= 0.6 is 0 Å². The van der Waals surface area contributed by atoms with Crippen LogP contribution in [-0.2, 0) is 6.54 Å². The van der Waals surface area contributed by atoms with Crippen LogP contribution in [0.2, 0.25) is 0 Å². The number of hydrogen-bond donors (Lipinski definition) is 0. The first-order valence-corrected chi connectivity index (χ1v) is 6.32. The highest BCUT2D eigenvalue weighted by Gasteiger charge is 2.13. The number of aliphatic imine (C=N–C) groups is 2. The van der Waals surface area contributed by atoms with Crippen molar-refractivity contribution >= 4 is 12.2 Å². The van der Waals surface area contributed by atoms with E-state index in [1.807, 2.05) is 18.6 Å². The molecule has 3 nitrogen and oxygen atoms in total. The van der Waals surface area contributed by atoms with Crippen LogP contribution in [0.3, 0.4) is 0 Å². The lowest BCUT2D eigenvalue weighted by atomic mass is 10.2. The van der Waals surface area contributed by atoms with Crippen molar-refractivity contribution in [2.24, 2.45) is 9.98 Å². The minimum atomic E-state index is 0.681. The zero-order chi connectivity index (χ0) is 12.8. The Morgan fingerprint density at radius 1 is 1.39 bits per heavy atom. The zero-order valence-corrected chi connectivity index (χ0v) is 11.0. The molecular formula is C15H19N3. The van der Waals surface area contributed by atoms with Crippen molar-refractivity contribution in [3.05, 3.63) is 47.7 Å². The van der Waals surface area contributed by atoms with E-state index in [-0.39, 0.29) is 0 Å². The summed E-state index contributed by atoms with van der Waals surface area (Å²) in [4.78, 5) is 10.9. The highest BCUT2D eigenvalue weighted by molar-refractivity contribution is 5.98. The largest absolute Gasteiger partial charge is 0.315 e. The van der Waals surface area contributed by atoms with Crippen LogP contribution < -0.4 is 0 Å². The van der Waals surface area contributed by atoms with Crippen LogP contribution in [0.4, 0.5) is 0 Å². The molecule has 0 spiro atoms. The molecule has 1 aliphatic heterocycles. The minimum absolute atomic E-state index is 0.681. The summed E-state index contributed by atoms with van der Waals surface area (Å²) in [6.45, 7) is 5.75. The van der Waals surface area contributed by atoms with Crippen LogP contribution in [0.15, 0.2) is 52.1 Å². The van der Waals surface area contributed by atoms with Crippen LogP contribution in [0.25, 0.3) is 0 Å². The lowest BCUT2D eigenvalue weighted by Crippen LogP contribution is -2.25. The minimum Gasteiger partial charge on any atom is -0.315 e. The van der Waals surface area contributed by atoms with E-state index in [1.54, 1.807) is 0 Å². The second-order valence-electron chi connectivity index (χ2n) is 4.44. The smallest absolute Gasteiger partial charge is 0.131 e. The van der Waals surface area contributed by atoms with E-state index in [9.17, 15) is 0 Å². The summed E-state index contributed by atoms with van der Waals surface area (Å²) < 4.78 is 0. The lowest BCUT2D eigenvalue weighted by Gasteiger charge is -2.15. The highest BCUT2D eigenvalue weighted by Crippen LogP contribution is 2.08. The van der Waals surface area contributed by atoms with Crippen LogP contribution in [0.5, 0.6) is 0 Å². The molecule has 0 saturated heterocycles. The monoisotopic (exact) mass is 241 g/mol. The molecule has 0 fully saturated rings. The summed E-state index contributed by atoms with van der Waals surface area (Å²) in [5.41, 5.74) is 2.56. The van der Waals surface area contributed by atoms with Gasteiger partial charge in [0.25, 0.3) is 0 Å². The lowest BCUT2D eigenvalue weighted by molar-refractivity contribution is 0.630. The fourth-order valence-electron chi connectivity index (χ4n) is 1.68. The number of nitrogens with zero attached hydrogens (tertiary/aromatic N) is 3. The highest BCUT2D eigenvalue weighted by atomic mass is 15.3. The summed E-state index contributed by atoms with van der Waals surface area (Å²) in [6, 6.07) is 10.4. The molecule has 1 aromatic rings. The molecule has 1 aliphatic rings. The molecule has 18 heavy (non-hydrogen) atoms. The Hall–Kier alpha value is -1.90. The third-order valence-electron chi connectivity index (χ3n) is 2.97. The van der Waals surface area contributed by atoms with Gasteiger partial charge in [0, 0.05) is 6.20 Å². The molecule has 1 heterocycles. The molecule has 0 saturated carbocycles. The predicted molar refractivity (Wildman–Crippen MR) is 76.8 cm³/mol. The molecule has 1 aromatic carbocycles. The number of allylic oxidation sites excluding steroid dienone is 1. The third-order valence-corrected chi connectivity index (χ3v) is 2.97. The van der Waals surface area contributed by atoms with E-state index in [2.05, 4.69) is 53.0 Å². The van der Waals surface area contributed by atoms with Gasteiger partial charge >= 0.3 is 0 Å². The van der Waals surface area contributed by atoms with Gasteiger partial charge in [0.2, 0.25) is 0 Å². The number of amidine groups is 1. The zero-order valence-electron chi connectivity index (χ0n) is 11.0. The summed E-state index contributed by atoms with van der Waals surface area (Å²) >= 11 is 0. The Labute approximate surface area is 109 Å². The maximum absolute atomic E-state index is 4.53. The number of benzene rings is 1. The molecule has 0 N–H and O–H groups in total. The molecule has 94 valence electrons. The van der Waals surface area contributed by atoms with Crippen LogP contribution in [0, 0.1) is 0 Å². The molecule has 0 aliphatic carbocycles. The Kier molecular flexibility index (Phi) is 4.29. The van der Waals surface area contributed by atoms with Gasteiger partial charge in [-0.05, 0) is 18.9 Å². The summed E-state index contributed by atoms with van der Waals surface area (Å²) in [6.07, 6.45) is 4.86. The molecular weight excluding hydrogens is 222 g/mol. The van der Waals surface area contributed by atoms with E-state index in [4.69, 9.17) is 0 Å². The summed E-state index contributed by atoms with van der Waals surface area (Å²) in [7, 11) is 0. The first kappa shape index (κ1) is 12.6. The average Bonchev–Trinajstić information content (AvgIpc) is 2.84. The molecule has 0 atom stereocenters. The van der Waals surface area contributed by atoms with Crippen molar-refractivity contribution in [3.8, 4) is 0 Å². The molecule has 0 aromatic heterocycles. The van der Waals surface area contributed by atoms with Crippen molar-refractivity contribution in [3.63, 3.8) is 0 Å². The fourth-order valence-corrected chi connectivity index (χ4v) is 1.68. The second kappa shape index (κ2) is 6.15. The van der Waals surface area contributed by atoms with Gasteiger partial charge in [0.05, 0.1) is 19.4 Å². The Morgan fingerprint density at radius 3 is 2.89 bits per heavy atom. The third kappa shape index (κ3) is 3.29. The normalized spacial score (nSPS) is 17.8. The fraction of sp³-hybridized carbons (Fsp3) is 0.333. The number of rotatable bonds is 4. The van der Waals surface area contributed by atoms with E-state index in [1.165, 1.54) is 11.1 Å². The Bertz CT molecular complexity index is 472. The van der Waals surface area contributed by atoms with Gasteiger partial charge in [0.1, 0.15) is 5.84 Å². The maximum atomic E-state index is 4.53. The van der Waals surface area contributed by atoms with Gasteiger partial charge in [-0.3, -0.25) is 4.99 Å². The van der Waals surface area contributed by atoms with Crippen LogP contribution in [-0.4, -0.2) is 23.6 Å². The van der Waals surface area contributed by atoms with Gasteiger partial charge < -0.3 is 4.90 Å². The topological polar surface area (TPSA) is 28.0 Å². The predicted octanol–water partition coefficient (Wildman–Crippen LogP) is 3.24. The quantitative estimate of drug-likeness (QED) is 0.795. The first-order chi connectivity index (χ1) is 8.79. The van der Waals surface area contributed by atoms with E-state index in [0.29, 0.717) is 6.54 Å². The van der Waals surface area contributed by atoms with E-state index >= 15 is 0 Å². The van der Waals surface area contributed by atoms with Gasteiger partial charge in [-0.1, -0.05) is 42.8 Å². The summed E-state index contributed by atoms with van der Waals surface area (Å²) in [5.74, 6) is 1.02. The molecule has 3 heteroatoms. The standard InChI is InChI=1S/C15H19N3/c1-3-13(2)9-17-15-10-16-12-18(15)11-14-7-5-4-6-8-14/h4-9,12H,3,10-11H2,1-2H3. The van der Waals surface area contributed by atoms with E-state index in [0.717, 1.165) is 18.8 Å². The summed E-state index contributed by atoms with van der Waals surface area (Å²) in [5, 5.41) is 0. The van der Waals surface area contributed by atoms with Crippen molar-refractivity contribution in [1.82, 2.24) is 4.90 Å².